The van der Waals surface area contributed by atoms with Crippen LogP contribution in [0.4, 0.5) is 5.69 Å². The Kier molecular flexibility index (Phi) is 5.14. The second-order valence-electron chi connectivity index (χ2n) is 9.83. The van der Waals surface area contributed by atoms with E-state index >= 15 is 0 Å². The van der Waals surface area contributed by atoms with Gasteiger partial charge in [0.15, 0.2) is 0 Å². The minimum absolute atomic E-state index is 0.0648. The lowest BCUT2D eigenvalue weighted by Gasteiger charge is -2.33. The van der Waals surface area contributed by atoms with Gasteiger partial charge in [0.05, 0.1) is 5.41 Å². The minimum atomic E-state index is -0.397. The summed E-state index contributed by atoms with van der Waals surface area (Å²) in [6.07, 6.45) is 8.99. The number of hydrogen-bond acceptors (Lipinski definition) is 1. The molecule has 1 aromatic carbocycles. The van der Waals surface area contributed by atoms with Crippen molar-refractivity contribution in [2.45, 2.75) is 65.2 Å². The highest BCUT2D eigenvalue weighted by Gasteiger charge is 2.44. The van der Waals surface area contributed by atoms with Crippen molar-refractivity contribution >= 4 is 34.1 Å². The normalized spacial score (nSPS) is 21.8. The molecule has 0 bridgehead atoms. The van der Waals surface area contributed by atoms with E-state index in [2.05, 4.69) is 62.3 Å². The lowest BCUT2D eigenvalue weighted by Crippen LogP contribution is -2.36. The van der Waals surface area contributed by atoms with E-state index in [0.29, 0.717) is 0 Å². The third-order valence-electron chi connectivity index (χ3n) is 6.63. The lowest BCUT2D eigenvalue weighted by atomic mass is 9.72. The van der Waals surface area contributed by atoms with Crippen LogP contribution in [-0.4, -0.2) is 10.9 Å². The maximum atomic E-state index is 13.5. The van der Waals surface area contributed by atoms with Crippen LogP contribution >= 0.6 is 11.6 Å². The molecular formula is C25H31ClN2O. The Morgan fingerprint density at radius 1 is 1.17 bits per heavy atom. The molecule has 4 rings (SSSR count). The van der Waals surface area contributed by atoms with Crippen LogP contribution in [0.15, 0.2) is 47.0 Å². The number of nitrogens with one attached hydrogen (secondary N) is 2. The minimum Gasteiger partial charge on any atom is -0.358 e. The van der Waals surface area contributed by atoms with Crippen LogP contribution in [0.1, 0.15) is 65.5 Å². The zero-order valence-electron chi connectivity index (χ0n) is 17.9. The average molecular weight is 411 g/mol. The summed E-state index contributed by atoms with van der Waals surface area (Å²) in [5.74, 6) is 0.416. The summed E-state index contributed by atoms with van der Waals surface area (Å²) in [4.78, 5) is 17.0. The lowest BCUT2D eigenvalue weighted by molar-refractivity contribution is -0.123. The van der Waals surface area contributed by atoms with E-state index in [4.69, 9.17) is 11.6 Å². The van der Waals surface area contributed by atoms with Gasteiger partial charge in [0, 0.05) is 32.7 Å². The molecule has 0 spiro atoms. The molecule has 2 aliphatic carbocycles. The standard InChI is InChI=1S/C25H31ClN2O/c1-16-13-18(7-9-20(16)26)25(11-5-6-12-25)23(29)27-19-8-10-21-17(14-19)15-22(28-21)24(2,3)4/h7-10,14-16,28H,5-6,11-13H2,1-4H3,(H,27,29). The summed E-state index contributed by atoms with van der Waals surface area (Å²) in [5.41, 5.74) is 4.08. The summed E-state index contributed by atoms with van der Waals surface area (Å²) >= 11 is 6.30. The van der Waals surface area contributed by atoms with Crippen molar-refractivity contribution in [3.63, 3.8) is 0 Å². The Morgan fingerprint density at radius 3 is 2.55 bits per heavy atom. The number of hydrogen-bond donors (Lipinski definition) is 2. The third kappa shape index (κ3) is 3.77. The number of rotatable bonds is 3. The van der Waals surface area contributed by atoms with Crippen LogP contribution in [0.2, 0.25) is 0 Å². The summed E-state index contributed by atoms with van der Waals surface area (Å²) < 4.78 is 0. The van der Waals surface area contributed by atoms with Crippen molar-refractivity contribution < 1.29 is 4.79 Å². The first kappa shape index (κ1) is 20.3. The molecule has 0 aliphatic heterocycles. The number of carbonyl (C=O) groups is 1. The van der Waals surface area contributed by atoms with Gasteiger partial charge in [-0.25, -0.2) is 0 Å². The summed E-state index contributed by atoms with van der Waals surface area (Å²) in [7, 11) is 0. The molecule has 2 aromatic rings. The molecule has 1 heterocycles. The Hall–Kier alpha value is -2.00. The van der Waals surface area contributed by atoms with E-state index < -0.39 is 5.41 Å². The maximum absolute atomic E-state index is 13.5. The number of anilines is 1. The third-order valence-corrected chi connectivity index (χ3v) is 7.13. The molecule has 1 saturated carbocycles. The van der Waals surface area contributed by atoms with Gasteiger partial charge in [-0.1, -0.05) is 63.8 Å². The van der Waals surface area contributed by atoms with E-state index in [1.807, 2.05) is 12.1 Å². The van der Waals surface area contributed by atoms with Crippen molar-refractivity contribution in [1.82, 2.24) is 4.98 Å². The molecule has 1 amide bonds. The smallest absolute Gasteiger partial charge is 0.234 e. The molecule has 1 atom stereocenters. The molecule has 29 heavy (non-hydrogen) atoms. The molecule has 0 saturated heterocycles. The Bertz CT molecular complexity index is 999. The van der Waals surface area contributed by atoms with Crippen LogP contribution < -0.4 is 5.32 Å². The van der Waals surface area contributed by atoms with Gasteiger partial charge in [-0.2, -0.15) is 0 Å². The zero-order valence-corrected chi connectivity index (χ0v) is 18.6. The first-order chi connectivity index (χ1) is 13.7. The van der Waals surface area contributed by atoms with Crippen LogP contribution in [-0.2, 0) is 10.2 Å². The fourth-order valence-corrected chi connectivity index (χ4v) is 4.87. The van der Waals surface area contributed by atoms with Crippen molar-refractivity contribution in [2.75, 3.05) is 5.32 Å². The quantitative estimate of drug-likeness (QED) is 0.559. The van der Waals surface area contributed by atoms with Gasteiger partial charge < -0.3 is 10.3 Å². The van der Waals surface area contributed by atoms with Gasteiger partial charge in [-0.05, 0) is 55.5 Å². The second kappa shape index (κ2) is 7.36. The molecule has 1 aromatic heterocycles. The number of halogens is 1. The number of H-pyrrole nitrogens is 1. The number of aromatic amines is 1. The molecule has 154 valence electrons. The Labute approximate surface area is 178 Å². The van der Waals surface area contributed by atoms with Gasteiger partial charge in [-0.3, -0.25) is 4.79 Å². The topological polar surface area (TPSA) is 44.9 Å². The average Bonchev–Trinajstić information content (AvgIpc) is 3.31. The van der Waals surface area contributed by atoms with Gasteiger partial charge in [0.25, 0.3) is 0 Å². The van der Waals surface area contributed by atoms with Crippen molar-refractivity contribution in [3.05, 3.63) is 52.7 Å². The van der Waals surface area contributed by atoms with Gasteiger partial charge >= 0.3 is 0 Å². The number of carbonyl (C=O) groups excluding carboxylic acids is 1. The highest BCUT2D eigenvalue weighted by Crippen LogP contribution is 2.49. The second-order valence-corrected chi connectivity index (χ2v) is 10.3. The van der Waals surface area contributed by atoms with Crippen molar-refractivity contribution in [3.8, 4) is 0 Å². The Morgan fingerprint density at radius 2 is 1.90 bits per heavy atom. The van der Waals surface area contributed by atoms with Crippen LogP contribution in [0.25, 0.3) is 10.9 Å². The predicted molar refractivity (Wildman–Crippen MR) is 122 cm³/mol. The number of allylic oxidation sites excluding steroid dienone is 3. The van der Waals surface area contributed by atoms with E-state index in [1.165, 1.54) is 11.3 Å². The van der Waals surface area contributed by atoms with E-state index in [0.717, 1.165) is 53.7 Å². The monoisotopic (exact) mass is 410 g/mol. The molecule has 1 fully saturated rings. The number of fused-ring (bicyclic) bond motifs is 1. The summed E-state index contributed by atoms with van der Waals surface area (Å²) in [6.45, 7) is 8.73. The fourth-order valence-electron chi connectivity index (χ4n) is 4.73. The Balaban J connectivity index is 1.62. The molecule has 2 aliphatic rings. The van der Waals surface area contributed by atoms with E-state index in [-0.39, 0.29) is 17.2 Å². The first-order valence-electron chi connectivity index (χ1n) is 10.7. The van der Waals surface area contributed by atoms with E-state index in [9.17, 15) is 4.79 Å². The molecule has 1 unspecified atom stereocenters. The highest BCUT2D eigenvalue weighted by atomic mass is 35.5. The fraction of sp³-hybridized carbons (Fsp3) is 0.480. The number of benzene rings is 1. The molecular weight excluding hydrogens is 380 g/mol. The molecule has 4 heteroatoms. The summed E-state index contributed by atoms with van der Waals surface area (Å²) in [5, 5.41) is 5.26. The van der Waals surface area contributed by atoms with Crippen molar-refractivity contribution in [1.29, 1.82) is 0 Å². The SMILES string of the molecule is CC1CC(C2(C(=O)Nc3ccc4[nH]c(C(C)(C)C)cc4c3)CCCC2)=CC=C1Cl. The van der Waals surface area contributed by atoms with Gasteiger partial charge in [0.2, 0.25) is 5.91 Å². The molecule has 0 radical (unpaired) electrons. The van der Waals surface area contributed by atoms with Crippen LogP contribution in [0, 0.1) is 11.3 Å². The largest absolute Gasteiger partial charge is 0.358 e. The maximum Gasteiger partial charge on any atom is 0.234 e. The van der Waals surface area contributed by atoms with Gasteiger partial charge in [0.1, 0.15) is 0 Å². The van der Waals surface area contributed by atoms with E-state index in [1.54, 1.807) is 0 Å². The molecule has 3 nitrogen and oxygen atoms in total. The van der Waals surface area contributed by atoms with Crippen LogP contribution in [0.5, 0.6) is 0 Å². The van der Waals surface area contributed by atoms with Crippen molar-refractivity contribution in [2.24, 2.45) is 11.3 Å². The van der Waals surface area contributed by atoms with Gasteiger partial charge in [-0.15, -0.1) is 0 Å². The first-order valence-corrected chi connectivity index (χ1v) is 11.1. The number of amides is 1. The molecule has 2 N–H and O–H groups in total. The number of aromatic nitrogens is 1. The zero-order chi connectivity index (χ0) is 20.8. The summed E-state index contributed by atoms with van der Waals surface area (Å²) in [6, 6.07) is 8.33. The highest BCUT2D eigenvalue weighted by molar-refractivity contribution is 6.30. The van der Waals surface area contributed by atoms with Crippen LogP contribution in [0.3, 0.4) is 0 Å². The predicted octanol–water partition coefficient (Wildman–Crippen LogP) is 7.05.